The van der Waals surface area contributed by atoms with E-state index < -0.39 is 0 Å². The zero-order chi connectivity index (χ0) is 13.7. The van der Waals surface area contributed by atoms with Crippen LogP contribution in [0.1, 0.15) is 17.2 Å². The summed E-state index contributed by atoms with van der Waals surface area (Å²) in [6.45, 7) is 0.210. The minimum Gasteiger partial charge on any atom is -0.394 e. The highest BCUT2D eigenvalue weighted by Crippen LogP contribution is 2.20. The smallest absolute Gasteiger partial charge is 0.129 e. The lowest BCUT2D eigenvalue weighted by Gasteiger charge is -2.17. The Kier molecular flexibility index (Phi) is 4.91. The van der Waals surface area contributed by atoms with Crippen molar-refractivity contribution in [2.45, 2.75) is 12.6 Å². The van der Waals surface area contributed by atoms with Crippen LogP contribution in [0.4, 0.5) is 4.39 Å². The Morgan fingerprint density at radius 3 is 2.47 bits per heavy atom. The maximum atomic E-state index is 13.6. The average molecular weight is 280 g/mol. The summed E-state index contributed by atoms with van der Waals surface area (Å²) in [6, 6.07) is 13.9. The molecule has 0 heterocycles. The van der Waals surface area contributed by atoms with Crippen LogP contribution in [0.3, 0.4) is 0 Å². The number of hydrogen-bond donors (Lipinski definition) is 2. The Hall–Kier alpha value is -1.42. The van der Waals surface area contributed by atoms with Crippen LogP contribution in [-0.4, -0.2) is 11.7 Å². The van der Waals surface area contributed by atoms with Crippen LogP contribution in [-0.2, 0) is 6.54 Å². The van der Waals surface area contributed by atoms with Crippen LogP contribution in [0.15, 0.2) is 48.5 Å². The van der Waals surface area contributed by atoms with Gasteiger partial charge in [-0.05, 0) is 17.7 Å². The second-order valence-corrected chi connectivity index (χ2v) is 4.63. The molecule has 2 aromatic rings. The van der Waals surface area contributed by atoms with Crippen molar-refractivity contribution in [3.63, 3.8) is 0 Å². The summed E-state index contributed by atoms with van der Waals surface area (Å²) in [5.74, 6) is -0.343. The summed E-state index contributed by atoms with van der Waals surface area (Å²) >= 11 is 5.96. The Bertz CT molecular complexity index is 513. The molecule has 2 nitrogen and oxygen atoms in total. The SMILES string of the molecule is OC[C@@H](NCc1c(F)cccc1Cl)c1ccccc1. The third-order valence-corrected chi connectivity index (χ3v) is 3.33. The molecule has 0 saturated heterocycles. The van der Waals surface area contributed by atoms with E-state index in [9.17, 15) is 9.50 Å². The maximum Gasteiger partial charge on any atom is 0.129 e. The topological polar surface area (TPSA) is 32.3 Å². The second-order valence-electron chi connectivity index (χ2n) is 4.23. The predicted molar refractivity (Wildman–Crippen MR) is 74.5 cm³/mol. The van der Waals surface area contributed by atoms with E-state index in [0.29, 0.717) is 10.6 Å². The minimum absolute atomic E-state index is 0.0594. The highest BCUT2D eigenvalue weighted by atomic mass is 35.5. The fourth-order valence-corrected chi connectivity index (χ4v) is 2.13. The minimum atomic E-state index is -0.343. The highest BCUT2D eigenvalue weighted by Gasteiger charge is 2.12. The Morgan fingerprint density at radius 2 is 1.84 bits per heavy atom. The van der Waals surface area contributed by atoms with Crippen LogP contribution in [0, 0.1) is 5.82 Å². The number of nitrogens with one attached hydrogen (secondary N) is 1. The molecule has 0 aliphatic rings. The zero-order valence-corrected chi connectivity index (χ0v) is 11.1. The van der Waals surface area contributed by atoms with Crippen molar-refractivity contribution in [2.24, 2.45) is 0 Å². The third kappa shape index (κ3) is 3.53. The zero-order valence-electron chi connectivity index (χ0n) is 10.3. The van der Waals surface area contributed by atoms with Gasteiger partial charge in [0, 0.05) is 17.1 Å². The van der Waals surface area contributed by atoms with Gasteiger partial charge in [-0.3, -0.25) is 0 Å². The molecule has 100 valence electrons. The van der Waals surface area contributed by atoms with Gasteiger partial charge < -0.3 is 10.4 Å². The monoisotopic (exact) mass is 279 g/mol. The summed E-state index contributed by atoms with van der Waals surface area (Å²) in [5, 5.41) is 12.9. The number of halogens is 2. The fraction of sp³-hybridized carbons (Fsp3) is 0.200. The first-order chi connectivity index (χ1) is 9.22. The van der Waals surface area contributed by atoms with Crippen LogP contribution in [0.25, 0.3) is 0 Å². The molecule has 2 aromatic carbocycles. The van der Waals surface area contributed by atoms with E-state index in [-0.39, 0.29) is 25.0 Å². The van der Waals surface area contributed by atoms with E-state index in [4.69, 9.17) is 11.6 Å². The van der Waals surface area contributed by atoms with Gasteiger partial charge in [-0.25, -0.2) is 4.39 Å². The summed E-state index contributed by atoms with van der Waals surface area (Å²) in [7, 11) is 0. The molecule has 4 heteroatoms. The van der Waals surface area contributed by atoms with Gasteiger partial charge >= 0.3 is 0 Å². The highest BCUT2D eigenvalue weighted by molar-refractivity contribution is 6.31. The van der Waals surface area contributed by atoms with Crippen molar-refractivity contribution >= 4 is 11.6 Å². The molecular formula is C15H15ClFNO. The molecule has 2 rings (SSSR count). The van der Waals surface area contributed by atoms with E-state index in [1.807, 2.05) is 30.3 Å². The molecule has 0 unspecified atom stereocenters. The molecule has 0 bridgehead atoms. The van der Waals surface area contributed by atoms with E-state index >= 15 is 0 Å². The van der Waals surface area contributed by atoms with Gasteiger partial charge in [-0.1, -0.05) is 48.0 Å². The van der Waals surface area contributed by atoms with Gasteiger partial charge in [0.2, 0.25) is 0 Å². The van der Waals surface area contributed by atoms with E-state index in [0.717, 1.165) is 5.56 Å². The fourth-order valence-electron chi connectivity index (χ4n) is 1.90. The normalized spacial score (nSPS) is 12.4. The van der Waals surface area contributed by atoms with E-state index in [1.54, 1.807) is 12.1 Å². The van der Waals surface area contributed by atoms with Gasteiger partial charge in [-0.15, -0.1) is 0 Å². The predicted octanol–water partition coefficient (Wildman–Crippen LogP) is 3.30. The number of aliphatic hydroxyl groups excluding tert-OH is 1. The molecule has 0 radical (unpaired) electrons. The first-order valence-corrected chi connectivity index (χ1v) is 6.42. The Balaban J connectivity index is 2.09. The molecular weight excluding hydrogens is 265 g/mol. The molecule has 1 atom stereocenters. The van der Waals surface area contributed by atoms with Crippen molar-refractivity contribution in [1.82, 2.24) is 5.32 Å². The Labute approximate surface area is 116 Å². The van der Waals surface area contributed by atoms with Gasteiger partial charge in [0.25, 0.3) is 0 Å². The third-order valence-electron chi connectivity index (χ3n) is 2.97. The number of benzene rings is 2. The van der Waals surface area contributed by atoms with Gasteiger partial charge in [-0.2, -0.15) is 0 Å². The molecule has 0 aliphatic carbocycles. The quantitative estimate of drug-likeness (QED) is 0.880. The number of aliphatic hydroxyl groups is 1. The number of rotatable bonds is 5. The van der Waals surface area contributed by atoms with Crippen LogP contribution >= 0.6 is 11.6 Å². The van der Waals surface area contributed by atoms with Crippen LogP contribution in [0.5, 0.6) is 0 Å². The molecule has 0 fully saturated rings. The first kappa shape index (κ1) is 14.0. The van der Waals surface area contributed by atoms with Crippen molar-refractivity contribution in [1.29, 1.82) is 0 Å². The van der Waals surface area contributed by atoms with Crippen LogP contribution < -0.4 is 5.32 Å². The molecule has 19 heavy (non-hydrogen) atoms. The second kappa shape index (κ2) is 6.66. The Morgan fingerprint density at radius 1 is 1.11 bits per heavy atom. The summed E-state index contributed by atoms with van der Waals surface area (Å²) in [5.41, 5.74) is 1.37. The molecule has 0 aliphatic heterocycles. The molecule has 0 amide bonds. The van der Waals surface area contributed by atoms with Gasteiger partial charge in [0.1, 0.15) is 5.82 Å². The standard InChI is InChI=1S/C15H15ClFNO/c16-13-7-4-8-14(17)12(13)9-18-15(10-19)11-5-2-1-3-6-11/h1-8,15,18-19H,9-10H2/t15-/m1/s1. The van der Waals surface area contributed by atoms with E-state index in [2.05, 4.69) is 5.32 Å². The summed E-state index contributed by atoms with van der Waals surface area (Å²) in [6.07, 6.45) is 0. The number of hydrogen-bond acceptors (Lipinski definition) is 2. The molecule has 0 aromatic heterocycles. The maximum absolute atomic E-state index is 13.6. The van der Waals surface area contributed by atoms with Crippen molar-refractivity contribution in [2.75, 3.05) is 6.61 Å². The lowest BCUT2D eigenvalue weighted by molar-refractivity contribution is 0.243. The van der Waals surface area contributed by atoms with Crippen LogP contribution in [0.2, 0.25) is 5.02 Å². The van der Waals surface area contributed by atoms with Gasteiger partial charge in [0.15, 0.2) is 0 Å². The van der Waals surface area contributed by atoms with Gasteiger partial charge in [0.05, 0.1) is 12.6 Å². The van der Waals surface area contributed by atoms with Crippen molar-refractivity contribution in [3.8, 4) is 0 Å². The lowest BCUT2D eigenvalue weighted by atomic mass is 10.1. The molecule has 0 spiro atoms. The van der Waals surface area contributed by atoms with E-state index in [1.165, 1.54) is 6.07 Å². The molecule has 2 N–H and O–H groups in total. The first-order valence-electron chi connectivity index (χ1n) is 6.04. The van der Waals surface area contributed by atoms with Crippen molar-refractivity contribution < 1.29 is 9.50 Å². The summed E-state index contributed by atoms with van der Waals surface area (Å²) < 4.78 is 13.6. The molecule has 0 saturated carbocycles. The average Bonchev–Trinajstić information content (AvgIpc) is 2.43. The summed E-state index contributed by atoms with van der Waals surface area (Å²) in [4.78, 5) is 0. The lowest BCUT2D eigenvalue weighted by Crippen LogP contribution is -2.24. The van der Waals surface area contributed by atoms with Crippen molar-refractivity contribution in [3.05, 3.63) is 70.5 Å². The largest absolute Gasteiger partial charge is 0.394 e.